The molecule has 2 aromatic rings. The molecule has 0 bridgehead atoms. The fourth-order valence-electron chi connectivity index (χ4n) is 3.95. The molecule has 2 N–H and O–H groups in total. The fraction of sp³-hybridized carbons (Fsp3) is 0.474. The summed E-state index contributed by atoms with van der Waals surface area (Å²) in [6.07, 6.45) is 7.29. The lowest BCUT2D eigenvalue weighted by Crippen LogP contribution is -2.60. The molecule has 10 heteroatoms. The number of halogens is 2. The average molecular weight is 420 g/mol. The first-order valence-corrected chi connectivity index (χ1v) is 10.6. The van der Waals surface area contributed by atoms with Crippen LogP contribution in [0.15, 0.2) is 24.7 Å². The minimum absolute atomic E-state index is 0.355. The number of hydrogen-bond donors (Lipinski definition) is 2. The van der Waals surface area contributed by atoms with Gasteiger partial charge in [0.2, 0.25) is 0 Å². The van der Waals surface area contributed by atoms with Gasteiger partial charge in [-0.15, -0.1) is 0 Å². The van der Waals surface area contributed by atoms with Gasteiger partial charge in [0, 0.05) is 37.7 Å². The van der Waals surface area contributed by atoms with Crippen LogP contribution in [0.2, 0.25) is 0 Å². The molecule has 7 nitrogen and oxygen atoms in total. The predicted molar refractivity (Wildman–Crippen MR) is 111 cm³/mol. The van der Waals surface area contributed by atoms with Crippen LogP contribution in [0.4, 0.5) is 14.6 Å². The number of alkyl halides is 2. The second-order valence-corrected chi connectivity index (χ2v) is 8.42. The summed E-state index contributed by atoms with van der Waals surface area (Å²) < 4.78 is 27.2. The first kappa shape index (κ1) is 20.0. The Morgan fingerprint density at radius 1 is 1.31 bits per heavy atom. The van der Waals surface area contributed by atoms with Gasteiger partial charge in [-0.1, -0.05) is 11.9 Å². The number of H-pyrrole nitrogens is 1. The summed E-state index contributed by atoms with van der Waals surface area (Å²) in [5, 5.41) is 7.17. The number of anilines is 1. The number of piperidine rings is 1. The van der Waals surface area contributed by atoms with Crippen LogP contribution < -0.4 is 4.90 Å². The number of aromatic amines is 1. The van der Waals surface area contributed by atoms with Gasteiger partial charge >= 0.3 is 0 Å². The molecule has 0 aliphatic carbocycles. The van der Waals surface area contributed by atoms with Crippen molar-refractivity contribution in [2.75, 3.05) is 37.3 Å². The molecule has 2 fully saturated rings. The number of nitrogens with one attached hydrogen (secondary N) is 2. The van der Waals surface area contributed by atoms with E-state index in [1.54, 1.807) is 24.5 Å². The summed E-state index contributed by atoms with van der Waals surface area (Å²) in [7, 11) is 0. The van der Waals surface area contributed by atoms with Gasteiger partial charge in [-0.3, -0.25) is 5.41 Å². The number of imidazole rings is 1. The standard InChI is InChI=1S/C19H23F2N7S/c1-29-28-10-19(11-28)5-2-6-27(9-19)17-7-14(24-12-25-17)15-8-23-16(26-15)4-3-13(22)18(20)21/h3-4,7-8,12,18,22H,2,5-6,9-11H2,1H3,(H,23,26)/b4-3-,22-13?. The van der Waals surface area contributed by atoms with Crippen molar-refractivity contribution in [1.29, 1.82) is 5.41 Å². The van der Waals surface area contributed by atoms with E-state index < -0.39 is 12.1 Å². The summed E-state index contributed by atoms with van der Waals surface area (Å²) in [4.78, 5) is 18.3. The van der Waals surface area contributed by atoms with E-state index in [2.05, 4.69) is 35.4 Å². The van der Waals surface area contributed by atoms with E-state index in [1.165, 1.54) is 12.5 Å². The lowest BCUT2D eigenvalue weighted by Gasteiger charge is -2.54. The molecule has 4 heterocycles. The third-order valence-electron chi connectivity index (χ3n) is 5.45. The molecule has 4 rings (SSSR count). The third kappa shape index (κ3) is 4.32. The Bertz CT molecular complexity index is 907. The van der Waals surface area contributed by atoms with Crippen molar-refractivity contribution in [3.8, 4) is 11.4 Å². The fourth-order valence-corrected chi connectivity index (χ4v) is 4.76. The van der Waals surface area contributed by atoms with Gasteiger partial charge in [0.15, 0.2) is 0 Å². The van der Waals surface area contributed by atoms with Gasteiger partial charge in [0.05, 0.1) is 23.3 Å². The second kappa shape index (κ2) is 8.19. The summed E-state index contributed by atoms with van der Waals surface area (Å²) in [5.74, 6) is 1.29. The summed E-state index contributed by atoms with van der Waals surface area (Å²) in [6, 6.07) is 1.94. The maximum Gasteiger partial charge on any atom is 0.279 e. The highest BCUT2D eigenvalue weighted by Crippen LogP contribution is 2.42. The highest BCUT2D eigenvalue weighted by atomic mass is 32.2. The molecule has 2 aliphatic rings. The predicted octanol–water partition coefficient (Wildman–Crippen LogP) is 3.34. The lowest BCUT2D eigenvalue weighted by molar-refractivity contribution is 0.0624. The van der Waals surface area contributed by atoms with Crippen LogP contribution in [0.5, 0.6) is 0 Å². The van der Waals surface area contributed by atoms with Crippen molar-refractivity contribution >= 4 is 29.6 Å². The van der Waals surface area contributed by atoms with E-state index in [-0.39, 0.29) is 0 Å². The van der Waals surface area contributed by atoms with E-state index in [0.29, 0.717) is 22.6 Å². The Balaban J connectivity index is 1.47. The van der Waals surface area contributed by atoms with Crippen LogP contribution in [0, 0.1) is 10.8 Å². The maximum absolute atomic E-state index is 12.4. The van der Waals surface area contributed by atoms with Gasteiger partial charge in [0.25, 0.3) is 6.43 Å². The quantitative estimate of drug-likeness (QED) is 0.552. The zero-order valence-electron chi connectivity index (χ0n) is 16.1. The zero-order valence-corrected chi connectivity index (χ0v) is 16.9. The van der Waals surface area contributed by atoms with Crippen LogP contribution in [-0.2, 0) is 0 Å². The van der Waals surface area contributed by atoms with Crippen molar-refractivity contribution in [2.24, 2.45) is 5.41 Å². The van der Waals surface area contributed by atoms with Gasteiger partial charge in [-0.25, -0.2) is 28.0 Å². The molecular formula is C19H23F2N7S. The van der Waals surface area contributed by atoms with Gasteiger partial charge < -0.3 is 9.88 Å². The molecule has 0 saturated carbocycles. The molecule has 0 radical (unpaired) electrons. The van der Waals surface area contributed by atoms with Crippen molar-refractivity contribution in [2.45, 2.75) is 19.3 Å². The Morgan fingerprint density at radius 2 is 2.14 bits per heavy atom. The molecule has 2 saturated heterocycles. The van der Waals surface area contributed by atoms with Gasteiger partial charge in [-0.05, 0) is 31.2 Å². The Kier molecular flexibility index (Phi) is 5.64. The van der Waals surface area contributed by atoms with Crippen LogP contribution in [0.3, 0.4) is 0 Å². The number of aromatic nitrogens is 4. The highest BCUT2D eigenvalue weighted by Gasteiger charge is 2.45. The van der Waals surface area contributed by atoms with E-state index in [4.69, 9.17) is 5.41 Å². The minimum Gasteiger partial charge on any atom is -0.356 e. The number of nitrogens with zero attached hydrogens (tertiary/aromatic N) is 5. The largest absolute Gasteiger partial charge is 0.356 e. The smallest absolute Gasteiger partial charge is 0.279 e. The Hall–Kier alpha value is -2.33. The lowest BCUT2D eigenvalue weighted by atomic mass is 9.75. The minimum atomic E-state index is -2.79. The van der Waals surface area contributed by atoms with E-state index in [9.17, 15) is 8.78 Å². The van der Waals surface area contributed by atoms with E-state index >= 15 is 0 Å². The molecule has 1 spiro atoms. The monoisotopic (exact) mass is 419 g/mol. The van der Waals surface area contributed by atoms with Crippen LogP contribution in [-0.4, -0.2) is 68.8 Å². The van der Waals surface area contributed by atoms with Crippen molar-refractivity contribution in [3.63, 3.8) is 0 Å². The van der Waals surface area contributed by atoms with Crippen LogP contribution >= 0.6 is 11.9 Å². The SMILES string of the molecule is CSN1CC2(CCCN(c3cc(-c4cnc(/C=C\C(=N)C(F)F)[nH]4)ncn3)C2)C1. The summed E-state index contributed by atoms with van der Waals surface area (Å²) >= 11 is 1.80. The zero-order chi connectivity index (χ0) is 20.4. The molecular weight excluding hydrogens is 396 g/mol. The number of allylic oxidation sites excluding steroid dienone is 1. The number of hydrogen-bond acceptors (Lipinski definition) is 7. The van der Waals surface area contributed by atoms with Gasteiger partial charge in [0.1, 0.15) is 18.0 Å². The molecule has 2 aromatic heterocycles. The third-order valence-corrected chi connectivity index (χ3v) is 6.22. The molecule has 0 unspecified atom stereocenters. The molecule has 0 aromatic carbocycles. The van der Waals surface area contributed by atoms with Crippen LogP contribution in [0.1, 0.15) is 18.7 Å². The second-order valence-electron chi connectivity index (χ2n) is 7.54. The average Bonchev–Trinajstić information content (AvgIpc) is 3.19. The summed E-state index contributed by atoms with van der Waals surface area (Å²) in [6.45, 7) is 4.20. The summed E-state index contributed by atoms with van der Waals surface area (Å²) in [5.41, 5.74) is 0.987. The maximum atomic E-state index is 12.4. The first-order valence-electron chi connectivity index (χ1n) is 9.44. The number of rotatable bonds is 6. The van der Waals surface area contributed by atoms with Gasteiger partial charge in [-0.2, -0.15) is 0 Å². The van der Waals surface area contributed by atoms with Crippen molar-refractivity contribution in [3.05, 3.63) is 30.5 Å². The molecule has 2 aliphatic heterocycles. The molecule has 154 valence electrons. The van der Waals surface area contributed by atoms with Crippen molar-refractivity contribution in [1.82, 2.24) is 24.2 Å². The topological polar surface area (TPSA) is 84.8 Å². The Morgan fingerprint density at radius 3 is 2.90 bits per heavy atom. The molecule has 0 amide bonds. The highest BCUT2D eigenvalue weighted by molar-refractivity contribution is 7.96. The first-order chi connectivity index (χ1) is 14.0. The molecule has 0 atom stereocenters. The van der Waals surface area contributed by atoms with Crippen LogP contribution in [0.25, 0.3) is 17.5 Å². The van der Waals surface area contributed by atoms with E-state index in [0.717, 1.165) is 44.5 Å². The van der Waals surface area contributed by atoms with E-state index in [1.807, 2.05) is 6.07 Å². The van der Waals surface area contributed by atoms with Crippen molar-refractivity contribution < 1.29 is 8.78 Å². The Labute approximate surface area is 172 Å². The normalized spacial score (nSPS) is 19.2. The molecule has 29 heavy (non-hydrogen) atoms.